The number of aromatic nitrogens is 2. The monoisotopic (exact) mass is 328 g/mol. The topological polar surface area (TPSA) is 76.1 Å². The zero-order chi connectivity index (χ0) is 17.7. The predicted octanol–water partition coefficient (Wildman–Crippen LogP) is 3.54. The van der Waals surface area contributed by atoms with E-state index in [1.807, 2.05) is 58.9 Å². The van der Waals surface area contributed by atoms with Crippen LogP contribution in [0.15, 0.2) is 36.7 Å². The molecule has 6 heteroatoms. The van der Waals surface area contributed by atoms with Gasteiger partial charge in [-0.2, -0.15) is 0 Å². The number of para-hydroxylation sites is 2. The van der Waals surface area contributed by atoms with E-state index >= 15 is 0 Å². The molecule has 0 spiro atoms. The van der Waals surface area contributed by atoms with Crippen LogP contribution in [0, 0.1) is 0 Å². The molecule has 0 fully saturated rings. The molecule has 0 aliphatic carbocycles. The molecule has 1 aromatic carbocycles. The minimum atomic E-state index is -0.304. The Hall–Kier alpha value is -2.63. The fourth-order valence-corrected chi connectivity index (χ4v) is 1.97. The highest BCUT2D eigenvalue weighted by Crippen LogP contribution is 2.26. The van der Waals surface area contributed by atoms with E-state index in [2.05, 4.69) is 20.6 Å². The molecule has 0 atom stereocenters. The summed E-state index contributed by atoms with van der Waals surface area (Å²) in [6.45, 7) is 9.71. The van der Waals surface area contributed by atoms with Gasteiger partial charge in [-0.25, -0.2) is 9.97 Å². The van der Waals surface area contributed by atoms with Gasteiger partial charge in [0.05, 0.1) is 17.4 Å². The molecule has 0 radical (unpaired) electrons. The van der Waals surface area contributed by atoms with Crippen LogP contribution in [-0.4, -0.2) is 27.5 Å². The number of hydrogen-bond acceptors (Lipinski definition) is 5. The van der Waals surface area contributed by atoms with Crippen molar-refractivity contribution in [3.8, 4) is 5.75 Å². The molecular weight excluding hydrogens is 304 g/mol. The van der Waals surface area contributed by atoms with Gasteiger partial charge in [0.15, 0.2) is 0 Å². The number of nitrogens with zero attached hydrogens (tertiary/aromatic N) is 2. The fourth-order valence-electron chi connectivity index (χ4n) is 1.97. The lowest BCUT2D eigenvalue weighted by Crippen LogP contribution is -2.40. The van der Waals surface area contributed by atoms with Crippen LogP contribution < -0.4 is 15.4 Å². The highest BCUT2D eigenvalue weighted by molar-refractivity contribution is 5.94. The molecule has 1 amide bonds. The van der Waals surface area contributed by atoms with Crippen molar-refractivity contribution in [3.05, 3.63) is 42.2 Å². The molecule has 2 aromatic rings. The first kappa shape index (κ1) is 17.7. The summed E-state index contributed by atoms with van der Waals surface area (Å²) in [7, 11) is 0. The second-order valence-electron chi connectivity index (χ2n) is 6.79. The normalized spacial score (nSPS) is 11.2. The van der Waals surface area contributed by atoms with Crippen LogP contribution in [-0.2, 0) is 0 Å². The Labute approximate surface area is 142 Å². The maximum atomic E-state index is 12.1. The molecule has 0 saturated heterocycles. The van der Waals surface area contributed by atoms with Crippen molar-refractivity contribution in [2.24, 2.45) is 0 Å². The molecule has 0 bridgehead atoms. The van der Waals surface area contributed by atoms with Crippen molar-refractivity contribution < 1.29 is 9.53 Å². The van der Waals surface area contributed by atoms with Crippen LogP contribution in [0.5, 0.6) is 5.75 Å². The lowest BCUT2D eigenvalue weighted by Gasteiger charge is -2.20. The molecule has 0 aliphatic rings. The smallest absolute Gasteiger partial charge is 0.254 e. The first-order chi connectivity index (χ1) is 11.2. The average Bonchev–Trinajstić information content (AvgIpc) is 2.48. The van der Waals surface area contributed by atoms with Gasteiger partial charge in [-0.15, -0.1) is 0 Å². The summed E-state index contributed by atoms with van der Waals surface area (Å²) < 4.78 is 5.75. The maximum Gasteiger partial charge on any atom is 0.254 e. The summed E-state index contributed by atoms with van der Waals surface area (Å²) in [6, 6.07) is 7.58. The van der Waals surface area contributed by atoms with E-state index in [9.17, 15) is 4.79 Å². The predicted molar refractivity (Wildman–Crippen MR) is 94.7 cm³/mol. The molecule has 128 valence electrons. The number of rotatable bonds is 5. The highest BCUT2D eigenvalue weighted by Gasteiger charge is 2.16. The molecule has 0 saturated carbocycles. The largest absolute Gasteiger partial charge is 0.489 e. The van der Waals surface area contributed by atoms with Gasteiger partial charge in [0, 0.05) is 17.9 Å². The van der Waals surface area contributed by atoms with Crippen LogP contribution in [0.2, 0.25) is 0 Å². The lowest BCUT2D eigenvalue weighted by molar-refractivity contribution is 0.0919. The van der Waals surface area contributed by atoms with Crippen LogP contribution in [0.3, 0.4) is 0 Å². The minimum Gasteiger partial charge on any atom is -0.489 e. The van der Waals surface area contributed by atoms with E-state index in [-0.39, 0.29) is 17.6 Å². The summed E-state index contributed by atoms with van der Waals surface area (Å²) in [6.07, 6.45) is 3.07. The molecule has 2 rings (SSSR count). The lowest BCUT2D eigenvalue weighted by atomic mass is 10.1. The van der Waals surface area contributed by atoms with Gasteiger partial charge in [0.1, 0.15) is 5.75 Å². The van der Waals surface area contributed by atoms with Crippen molar-refractivity contribution in [2.45, 2.75) is 46.3 Å². The number of nitrogens with one attached hydrogen (secondary N) is 2. The third-order valence-electron chi connectivity index (χ3n) is 2.90. The zero-order valence-corrected chi connectivity index (χ0v) is 14.8. The van der Waals surface area contributed by atoms with E-state index in [4.69, 9.17) is 4.74 Å². The average molecular weight is 328 g/mol. The fraction of sp³-hybridized carbons (Fsp3) is 0.389. The number of anilines is 2. The second kappa shape index (κ2) is 7.29. The SMILES string of the molecule is CC(C)Oc1ccccc1Nc1ncc(C(=O)NC(C)(C)C)cn1. The van der Waals surface area contributed by atoms with Gasteiger partial charge in [0.25, 0.3) is 5.91 Å². The molecule has 2 N–H and O–H groups in total. The number of carbonyl (C=O) groups excluding carboxylic acids is 1. The summed E-state index contributed by atoms with van der Waals surface area (Å²) >= 11 is 0. The molecule has 0 aliphatic heterocycles. The summed E-state index contributed by atoms with van der Waals surface area (Å²) in [5.41, 5.74) is 0.890. The zero-order valence-electron chi connectivity index (χ0n) is 14.8. The van der Waals surface area contributed by atoms with Crippen LogP contribution in [0.4, 0.5) is 11.6 Å². The molecular formula is C18H24N4O2. The van der Waals surface area contributed by atoms with Crippen molar-refractivity contribution in [1.29, 1.82) is 0 Å². The van der Waals surface area contributed by atoms with Gasteiger partial charge in [0.2, 0.25) is 5.95 Å². The van der Waals surface area contributed by atoms with Crippen molar-refractivity contribution in [2.75, 3.05) is 5.32 Å². The molecule has 1 aromatic heterocycles. The number of hydrogen-bond donors (Lipinski definition) is 2. The van der Waals surface area contributed by atoms with E-state index in [1.54, 1.807) is 0 Å². The second-order valence-corrected chi connectivity index (χ2v) is 6.79. The Balaban J connectivity index is 2.11. The van der Waals surface area contributed by atoms with Crippen molar-refractivity contribution in [1.82, 2.24) is 15.3 Å². The maximum absolute atomic E-state index is 12.1. The molecule has 1 heterocycles. The highest BCUT2D eigenvalue weighted by atomic mass is 16.5. The summed E-state index contributed by atoms with van der Waals surface area (Å²) in [5.74, 6) is 0.936. The van der Waals surface area contributed by atoms with E-state index < -0.39 is 0 Å². The number of ether oxygens (including phenoxy) is 1. The van der Waals surface area contributed by atoms with Gasteiger partial charge in [-0.05, 0) is 46.8 Å². The van der Waals surface area contributed by atoms with Crippen molar-refractivity contribution in [3.63, 3.8) is 0 Å². The third-order valence-corrected chi connectivity index (χ3v) is 2.90. The van der Waals surface area contributed by atoms with Crippen LogP contribution in [0.25, 0.3) is 0 Å². The Kier molecular flexibility index (Phi) is 5.39. The summed E-state index contributed by atoms with van der Waals surface area (Å²) in [5, 5.41) is 5.99. The minimum absolute atomic E-state index is 0.0670. The van der Waals surface area contributed by atoms with Gasteiger partial charge >= 0.3 is 0 Å². The van der Waals surface area contributed by atoms with E-state index in [0.29, 0.717) is 11.5 Å². The molecule has 24 heavy (non-hydrogen) atoms. The molecule has 6 nitrogen and oxygen atoms in total. The third kappa shape index (κ3) is 5.22. The molecule has 0 unspecified atom stereocenters. The first-order valence-corrected chi connectivity index (χ1v) is 7.92. The van der Waals surface area contributed by atoms with Gasteiger partial charge in [-0.3, -0.25) is 4.79 Å². The van der Waals surface area contributed by atoms with Crippen molar-refractivity contribution >= 4 is 17.5 Å². The van der Waals surface area contributed by atoms with E-state index in [1.165, 1.54) is 12.4 Å². The number of carbonyl (C=O) groups is 1. The standard InChI is InChI=1S/C18H24N4O2/c1-12(2)24-15-9-7-6-8-14(15)21-17-19-10-13(11-20-17)16(23)22-18(3,4)5/h6-12H,1-5H3,(H,22,23)(H,19,20,21). The van der Waals surface area contributed by atoms with E-state index in [0.717, 1.165) is 11.4 Å². The van der Waals surface area contributed by atoms with Gasteiger partial charge in [-0.1, -0.05) is 12.1 Å². The summed E-state index contributed by atoms with van der Waals surface area (Å²) in [4.78, 5) is 20.5. The van der Waals surface area contributed by atoms with Crippen LogP contribution in [0.1, 0.15) is 45.0 Å². The number of benzene rings is 1. The van der Waals surface area contributed by atoms with Gasteiger partial charge < -0.3 is 15.4 Å². The quantitative estimate of drug-likeness (QED) is 0.878. The first-order valence-electron chi connectivity index (χ1n) is 7.92. The number of amides is 1. The Morgan fingerprint density at radius 1 is 1.12 bits per heavy atom. The van der Waals surface area contributed by atoms with Crippen LogP contribution >= 0.6 is 0 Å². The Morgan fingerprint density at radius 2 is 1.75 bits per heavy atom. The Morgan fingerprint density at radius 3 is 2.33 bits per heavy atom. The Bertz CT molecular complexity index is 691.